The maximum absolute atomic E-state index is 11.6. The van der Waals surface area contributed by atoms with E-state index in [1.807, 2.05) is 0 Å². The van der Waals surface area contributed by atoms with Crippen molar-refractivity contribution in [3.05, 3.63) is 40.0 Å². The van der Waals surface area contributed by atoms with Crippen LogP contribution in [0.15, 0.2) is 24.3 Å². The van der Waals surface area contributed by atoms with E-state index in [-0.39, 0.29) is 18.3 Å². The molecule has 1 rings (SSSR count). The Labute approximate surface area is 127 Å². The SMILES string of the molecule is COc1cc(C=CC(=O)NCCCCO[N+](=O)[O-])ccc1O. The molecule has 1 aromatic carbocycles. The summed E-state index contributed by atoms with van der Waals surface area (Å²) in [5, 5.41) is 21.2. The van der Waals surface area contributed by atoms with Crippen molar-refractivity contribution in [2.24, 2.45) is 0 Å². The molecule has 0 aliphatic carbocycles. The van der Waals surface area contributed by atoms with Crippen molar-refractivity contribution in [3.8, 4) is 11.5 Å². The molecule has 0 fully saturated rings. The summed E-state index contributed by atoms with van der Waals surface area (Å²) < 4.78 is 4.97. The summed E-state index contributed by atoms with van der Waals surface area (Å²) in [5.74, 6) is 0.0802. The fraction of sp³-hybridized carbons (Fsp3) is 0.357. The molecule has 0 saturated carbocycles. The second kappa shape index (κ2) is 9.22. The van der Waals surface area contributed by atoms with Crippen LogP contribution in [0.4, 0.5) is 0 Å². The lowest BCUT2D eigenvalue weighted by molar-refractivity contribution is -0.757. The van der Waals surface area contributed by atoms with Crippen molar-refractivity contribution < 1.29 is 24.6 Å². The maximum atomic E-state index is 11.6. The minimum atomic E-state index is -0.840. The molecule has 0 spiro atoms. The van der Waals surface area contributed by atoms with Crippen LogP contribution in [0.5, 0.6) is 11.5 Å². The van der Waals surface area contributed by atoms with Gasteiger partial charge in [-0.05, 0) is 36.6 Å². The first-order chi connectivity index (χ1) is 10.5. The van der Waals surface area contributed by atoms with E-state index < -0.39 is 5.09 Å². The summed E-state index contributed by atoms with van der Waals surface area (Å²) in [6.07, 6.45) is 4.02. The van der Waals surface area contributed by atoms with Gasteiger partial charge in [-0.15, -0.1) is 10.1 Å². The monoisotopic (exact) mass is 310 g/mol. The highest BCUT2D eigenvalue weighted by Gasteiger charge is 2.01. The van der Waals surface area contributed by atoms with Crippen LogP contribution in [-0.2, 0) is 9.63 Å². The number of nitrogens with one attached hydrogen (secondary N) is 1. The highest BCUT2D eigenvalue weighted by molar-refractivity contribution is 5.91. The molecule has 120 valence electrons. The number of benzene rings is 1. The van der Waals surface area contributed by atoms with Crippen LogP contribution in [0, 0.1) is 10.1 Å². The lowest BCUT2D eigenvalue weighted by Gasteiger charge is -2.04. The standard InChI is InChI=1S/C14H18N2O6/c1-21-13-10-11(4-6-12(13)17)5-7-14(18)15-8-2-3-9-22-16(19)20/h4-7,10,17H,2-3,8-9H2,1H3,(H,15,18). The van der Waals surface area contributed by atoms with Gasteiger partial charge in [0.15, 0.2) is 11.5 Å². The topological polar surface area (TPSA) is 111 Å². The molecule has 0 aliphatic heterocycles. The number of unbranched alkanes of at least 4 members (excludes halogenated alkanes) is 1. The predicted octanol–water partition coefficient (Wildman–Crippen LogP) is 1.52. The van der Waals surface area contributed by atoms with Crippen molar-refractivity contribution in [2.75, 3.05) is 20.3 Å². The van der Waals surface area contributed by atoms with Crippen molar-refractivity contribution in [2.45, 2.75) is 12.8 Å². The molecule has 1 aromatic rings. The number of nitrogens with zero attached hydrogens (tertiary/aromatic N) is 1. The fourth-order valence-electron chi connectivity index (χ4n) is 1.61. The predicted molar refractivity (Wildman–Crippen MR) is 78.9 cm³/mol. The van der Waals surface area contributed by atoms with Gasteiger partial charge in [0.2, 0.25) is 5.91 Å². The Morgan fingerprint density at radius 1 is 1.45 bits per heavy atom. The van der Waals surface area contributed by atoms with Gasteiger partial charge in [-0.3, -0.25) is 4.79 Å². The molecule has 0 heterocycles. The summed E-state index contributed by atoms with van der Waals surface area (Å²) in [6.45, 7) is 0.426. The van der Waals surface area contributed by atoms with Gasteiger partial charge in [0, 0.05) is 12.6 Å². The van der Waals surface area contributed by atoms with E-state index in [0.29, 0.717) is 30.7 Å². The number of carbonyl (C=O) groups is 1. The van der Waals surface area contributed by atoms with Crippen molar-refractivity contribution >= 4 is 12.0 Å². The van der Waals surface area contributed by atoms with Crippen LogP contribution in [-0.4, -0.2) is 36.4 Å². The Kier molecular flexibility index (Phi) is 7.24. The average molecular weight is 310 g/mol. The lowest BCUT2D eigenvalue weighted by atomic mass is 10.2. The van der Waals surface area contributed by atoms with Crippen molar-refractivity contribution in [1.82, 2.24) is 5.32 Å². The summed E-state index contributed by atoms with van der Waals surface area (Å²) in [6, 6.07) is 4.73. The Bertz CT molecular complexity index is 544. The molecule has 8 heteroatoms. The van der Waals surface area contributed by atoms with E-state index in [1.54, 1.807) is 18.2 Å². The molecule has 0 unspecified atom stereocenters. The van der Waals surface area contributed by atoms with Gasteiger partial charge in [0.05, 0.1) is 13.7 Å². The second-order valence-electron chi connectivity index (χ2n) is 4.32. The smallest absolute Gasteiger partial charge is 0.294 e. The third kappa shape index (κ3) is 6.60. The van der Waals surface area contributed by atoms with Crippen molar-refractivity contribution in [3.63, 3.8) is 0 Å². The normalized spacial score (nSPS) is 10.4. The number of aromatic hydroxyl groups is 1. The quantitative estimate of drug-likeness (QED) is 0.309. The lowest BCUT2D eigenvalue weighted by Crippen LogP contribution is -2.22. The number of ether oxygens (including phenoxy) is 1. The highest BCUT2D eigenvalue weighted by atomic mass is 16.9. The van der Waals surface area contributed by atoms with Gasteiger partial charge in [0.25, 0.3) is 5.09 Å². The zero-order valence-corrected chi connectivity index (χ0v) is 12.2. The van der Waals surface area contributed by atoms with E-state index in [4.69, 9.17) is 4.74 Å². The number of phenols is 1. The molecular formula is C14H18N2O6. The highest BCUT2D eigenvalue weighted by Crippen LogP contribution is 2.26. The first-order valence-corrected chi connectivity index (χ1v) is 6.63. The number of carbonyl (C=O) groups excluding carboxylic acids is 1. The number of methoxy groups -OCH3 is 1. The largest absolute Gasteiger partial charge is 0.504 e. The van der Waals surface area contributed by atoms with Gasteiger partial charge in [0.1, 0.15) is 0 Å². The van der Waals surface area contributed by atoms with Gasteiger partial charge < -0.3 is 20.0 Å². The summed E-state index contributed by atoms with van der Waals surface area (Å²) in [5.41, 5.74) is 0.712. The van der Waals surface area contributed by atoms with Gasteiger partial charge >= 0.3 is 0 Å². The third-order valence-electron chi connectivity index (χ3n) is 2.70. The van der Waals surface area contributed by atoms with Gasteiger partial charge in [-0.25, -0.2) is 0 Å². The molecular weight excluding hydrogens is 292 g/mol. The molecule has 0 atom stereocenters. The Balaban J connectivity index is 2.31. The zero-order valence-electron chi connectivity index (χ0n) is 12.2. The van der Waals surface area contributed by atoms with E-state index >= 15 is 0 Å². The van der Waals surface area contributed by atoms with E-state index in [9.17, 15) is 20.0 Å². The summed E-state index contributed by atoms with van der Waals surface area (Å²) >= 11 is 0. The molecule has 0 bridgehead atoms. The molecule has 0 aromatic heterocycles. The summed E-state index contributed by atoms with van der Waals surface area (Å²) in [7, 11) is 1.44. The number of hydrogen-bond acceptors (Lipinski definition) is 6. The second-order valence-corrected chi connectivity index (χ2v) is 4.32. The van der Waals surface area contributed by atoms with Gasteiger partial charge in [-0.2, -0.15) is 0 Å². The number of hydrogen-bond donors (Lipinski definition) is 2. The number of rotatable bonds is 9. The van der Waals surface area contributed by atoms with E-state index in [1.165, 1.54) is 19.3 Å². The molecule has 1 amide bonds. The van der Waals surface area contributed by atoms with E-state index in [2.05, 4.69) is 10.2 Å². The molecule has 0 aliphatic rings. The van der Waals surface area contributed by atoms with Crippen LogP contribution < -0.4 is 10.1 Å². The minimum absolute atomic E-state index is 0.0199. The Morgan fingerprint density at radius 2 is 2.23 bits per heavy atom. The minimum Gasteiger partial charge on any atom is -0.504 e. The zero-order chi connectivity index (χ0) is 16.4. The van der Waals surface area contributed by atoms with Crippen LogP contribution in [0.3, 0.4) is 0 Å². The van der Waals surface area contributed by atoms with Crippen LogP contribution in [0.1, 0.15) is 18.4 Å². The van der Waals surface area contributed by atoms with Gasteiger partial charge in [-0.1, -0.05) is 6.07 Å². The number of amides is 1. The Morgan fingerprint density at radius 3 is 2.91 bits per heavy atom. The van der Waals surface area contributed by atoms with Crippen LogP contribution >= 0.6 is 0 Å². The summed E-state index contributed by atoms with van der Waals surface area (Å²) in [4.78, 5) is 25.6. The average Bonchev–Trinajstić information content (AvgIpc) is 2.49. The van der Waals surface area contributed by atoms with Crippen LogP contribution in [0.25, 0.3) is 6.08 Å². The molecule has 22 heavy (non-hydrogen) atoms. The van der Waals surface area contributed by atoms with Crippen LogP contribution in [0.2, 0.25) is 0 Å². The molecule has 0 saturated heterocycles. The fourth-order valence-corrected chi connectivity index (χ4v) is 1.61. The van der Waals surface area contributed by atoms with E-state index in [0.717, 1.165) is 0 Å². The van der Waals surface area contributed by atoms with Crippen molar-refractivity contribution in [1.29, 1.82) is 0 Å². The first-order valence-electron chi connectivity index (χ1n) is 6.63. The first kappa shape index (κ1) is 17.3. The number of phenolic OH excluding ortho intramolecular Hbond substituents is 1. The molecule has 8 nitrogen and oxygen atoms in total. The Hall–Kier alpha value is -2.77. The maximum Gasteiger partial charge on any atom is 0.294 e. The third-order valence-corrected chi connectivity index (χ3v) is 2.70. The molecule has 2 N–H and O–H groups in total. The molecule has 0 radical (unpaired) electrons.